The van der Waals surface area contributed by atoms with Crippen LogP contribution in [0.1, 0.15) is 5.69 Å². The van der Waals surface area contributed by atoms with Gasteiger partial charge in [-0.15, -0.1) is 0 Å². The lowest BCUT2D eigenvalue weighted by Crippen LogP contribution is -2.12. The topological polar surface area (TPSA) is 79.8 Å². The van der Waals surface area contributed by atoms with Crippen molar-refractivity contribution in [1.82, 2.24) is 4.98 Å². The molecule has 1 heterocycles. The van der Waals surface area contributed by atoms with E-state index in [9.17, 15) is 4.79 Å². The van der Waals surface area contributed by atoms with E-state index in [2.05, 4.69) is 20.9 Å². The highest BCUT2D eigenvalue weighted by Gasteiger charge is 2.03. The van der Waals surface area contributed by atoms with Crippen molar-refractivity contribution in [2.75, 3.05) is 0 Å². The van der Waals surface area contributed by atoms with Gasteiger partial charge in [-0.25, -0.2) is 4.98 Å². The van der Waals surface area contributed by atoms with Crippen LogP contribution >= 0.6 is 15.9 Å². The van der Waals surface area contributed by atoms with E-state index in [0.717, 1.165) is 0 Å². The molecule has 0 aliphatic heterocycles. The quantitative estimate of drug-likeness (QED) is 0.488. The van der Waals surface area contributed by atoms with Gasteiger partial charge < -0.3 is 5.73 Å². The molecule has 14 heavy (non-hydrogen) atoms. The van der Waals surface area contributed by atoms with E-state index in [-0.39, 0.29) is 5.57 Å². The number of nitrogens with zero attached hydrogens (tertiary/aromatic N) is 2. The van der Waals surface area contributed by atoms with Gasteiger partial charge in [0.25, 0.3) is 5.91 Å². The summed E-state index contributed by atoms with van der Waals surface area (Å²) in [5.41, 5.74) is 5.36. The average Bonchev–Trinajstić information content (AvgIpc) is 2.14. The summed E-state index contributed by atoms with van der Waals surface area (Å²) in [6, 6.07) is 6.86. The summed E-state index contributed by atoms with van der Waals surface area (Å²) >= 11 is 3.17. The fourth-order valence-corrected chi connectivity index (χ4v) is 1.17. The van der Waals surface area contributed by atoms with Crippen molar-refractivity contribution >= 4 is 27.9 Å². The fraction of sp³-hybridized carbons (Fsp3) is 0. The Kier molecular flexibility index (Phi) is 3.37. The van der Waals surface area contributed by atoms with Crippen LogP contribution < -0.4 is 5.73 Å². The first-order chi connectivity index (χ1) is 6.63. The summed E-state index contributed by atoms with van der Waals surface area (Å²) in [6.45, 7) is 0. The number of carbonyl (C=O) groups excluding carboxylic acids is 1. The molecule has 5 heteroatoms. The Balaban J connectivity index is 3.08. The first-order valence-corrected chi connectivity index (χ1v) is 4.47. The normalized spacial score (nSPS) is 10.7. The smallest absolute Gasteiger partial charge is 0.259 e. The number of halogens is 1. The fourth-order valence-electron chi connectivity index (χ4n) is 0.811. The summed E-state index contributed by atoms with van der Waals surface area (Å²) in [5, 5.41) is 8.57. The monoisotopic (exact) mass is 251 g/mol. The van der Waals surface area contributed by atoms with E-state index in [1.807, 2.05) is 0 Å². The summed E-state index contributed by atoms with van der Waals surface area (Å²) in [4.78, 5) is 14.7. The number of amides is 1. The van der Waals surface area contributed by atoms with Gasteiger partial charge in [-0.2, -0.15) is 5.26 Å². The molecule has 4 nitrogen and oxygen atoms in total. The van der Waals surface area contributed by atoms with Crippen LogP contribution in [0.2, 0.25) is 0 Å². The summed E-state index contributed by atoms with van der Waals surface area (Å²) in [5.74, 6) is -0.755. The molecule has 0 aromatic carbocycles. The molecule has 0 saturated heterocycles. The lowest BCUT2D eigenvalue weighted by Gasteiger charge is -1.94. The van der Waals surface area contributed by atoms with Crippen LogP contribution in [-0.2, 0) is 4.79 Å². The minimum absolute atomic E-state index is 0.115. The number of nitriles is 1. The van der Waals surface area contributed by atoms with E-state index in [1.165, 1.54) is 6.08 Å². The van der Waals surface area contributed by atoms with Crippen molar-refractivity contribution in [3.63, 3.8) is 0 Å². The molecule has 0 radical (unpaired) electrons. The maximum Gasteiger partial charge on any atom is 0.259 e. The number of aromatic nitrogens is 1. The third-order valence-corrected chi connectivity index (χ3v) is 1.86. The molecule has 0 aliphatic carbocycles. The Morgan fingerprint density at radius 3 is 2.86 bits per heavy atom. The van der Waals surface area contributed by atoms with Crippen molar-refractivity contribution in [3.05, 3.63) is 34.1 Å². The van der Waals surface area contributed by atoms with Gasteiger partial charge in [-0.3, -0.25) is 4.79 Å². The van der Waals surface area contributed by atoms with Crippen molar-refractivity contribution in [3.8, 4) is 6.07 Å². The van der Waals surface area contributed by atoms with Gasteiger partial charge in [0.2, 0.25) is 0 Å². The van der Waals surface area contributed by atoms with E-state index < -0.39 is 5.91 Å². The van der Waals surface area contributed by atoms with Gasteiger partial charge in [0.15, 0.2) is 0 Å². The maximum absolute atomic E-state index is 10.7. The minimum atomic E-state index is -0.755. The summed E-state index contributed by atoms with van der Waals surface area (Å²) in [7, 11) is 0. The molecule has 0 saturated carbocycles. The SMILES string of the molecule is N#CC(=Cc1cccc(Br)n1)C(N)=O. The van der Waals surface area contributed by atoms with Gasteiger partial charge in [0.1, 0.15) is 16.2 Å². The Bertz CT molecular complexity index is 434. The number of hydrogen-bond acceptors (Lipinski definition) is 3. The molecular formula is C9H6BrN3O. The molecule has 0 fully saturated rings. The van der Waals surface area contributed by atoms with Crippen LogP contribution in [0, 0.1) is 11.3 Å². The van der Waals surface area contributed by atoms with Crippen molar-refractivity contribution in [1.29, 1.82) is 5.26 Å². The first kappa shape index (κ1) is 10.4. The highest BCUT2D eigenvalue weighted by Crippen LogP contribution is 2.09. The van der Waals surface area contributed by atoms with Gasteiger partial charge >= 0.3 is 0 Å². The second-order valence-corrected chi connectivity index (χ2v) is 3.23. The van der Waals surface area contributed by atoms with Crippen LogP contribution in [0.15, 0.2) is 28.4 Å². The van der Waals surface area contributed by atoms with Gasteiger partial charge in [0.05, 0.1) is 5.69 Å². The zero-order valence-corrected chi connectivity index (χ0v) is 8.65. The van der Waals surface area contributed by atoms with Crippen LogP contribution in [0.3, 0.4) is 0 Å². The summed E-state index contributed by atoms with van der Waals surface area (Å²) in [6.07, 6.45) is 1.34. The van der Waals surface area contributed by atoms with Crippen molar-refractivity contribution in [2.45, 2.75) is 0 Å². The molecule has 0 bridgehead atoms. The number of primary amides is 1. The predicted molar refractivity (Wildman–Crippen MR) is 54.7 cm³/mol. The molecule has 1 amide bonds. The zero-order valence-electron chi connectivity index (χ0n) is 7.07. The predicted octanol–water partition coefficient (Wildman–Crippen LogP) is 1.24. The lowest BCUT2D eigenvalue weighted by atomic mass is 10.2. The van der Waals surface area contributed by atoms with E-state index >= 15 is 0 Å². The highest BCUT2D eigenvalue weighted by molar-refractivity contribution is 9.10. The molecule has 1 aromatic heterocycles. The molecule has 1 rings (SSSR count). The Hall–Kier alpha value is -1.67. The summed E-state index contributed by atoms with van der Waals surface area (Å²) < 4.78 is 0.632. The lowest BCUT2D eigenvalue weighted by molar-refractivity contribution is -0.114. The highest BCUT2D eigenvalue weighted by atomic mass is 79.9. The molecule has 0 unspecified atom stereocenters. The number of pyridine rings is 1. The average molecular weight is 252 g/mol. The second kappa shape index (κ2) is 4.53. The standard InChI is InChI=1S/C9H6BrN3O/c10-8-3-1-2-7(13-8)4-6(5-11)9(12)14/h1-4H,(H2,12,14). The van der Waals surface area contributed by atoms with Gasteiger partial charge in [-0.05, 0) is 34.1 Å². The van der Waals surface area contributed by atoms with Crippen molar-refractivity contribution < 1.29 is 4.79 Å². The third-order valence-electron chi connectivity index (χ3n) is 1.41. The second-order valence-electron chi connectivity index (χ2n) is 2.42. The third kappa shape index (κ3) is 2.68. The Labute approximate surface area is 89.2 Å². The van der Waals surface area contributed by atoms with E-state index in [0.29, 0.717) is 10.3 Å². The van der Waals surface area contributed by atoms with Crippen LogP contribution in [-0.4, -0.2) is 10.9 Å². The number of hydrogen-bond donors (Lipinski definition) is 1. The zero-order chi connectivity index (χ0) is 10.6. The van der Waals surface area contributed by atoms with Crippen molar-refractivity contribution in [2.24, 2.45) is 5.73 Å². The molecule has 0 atom stereocenters. The molecule has 0 spiro atoms. The molecule has 70 valence electrons. The van der Waals surface area contributed by atoms with Gasteiger partial charge in [-0.1, -0.05) is 6.07 Å². The first-order valence-electron chi connectivity index (χ1n) is 3.67. The van der Waals surface area contributed by atoms with Gasteiger partial charge in [0, 0.05) is 0 Å². The van der Waals surface area contributed by atoms with E-state index in [1.54, 1.807) is 24.3 Å². The van der Waals surface area contributed by atoms with Crippen LogP contribution in [0.5, 0.6) is 0 Å². The molecular weight excluding hydrogens is 246 g/mol. The Morgan fingerprint density at radius 1 is 1.64 bits per heavy atom. The molecule has 2 N–H and O–H groups in total. The Morgan fingerprint density at radius 2 is 2.36 bits per heavy atom. The van der Waals surface area contributed by atoms with Crippen LogP contribution in [0.25, 0.3) is 6.08 Å². The largest absolute Gasteiger partial charge is 0.365 e. The number of nitrogens with two attached hydrogens (primary N) is 1. The molecule has 1 aromatic rings. The van der Waals surface area contributed by atoms with Crippen LogP contribution in [0.4, 0.5) is 0 Å². The molecule has 0 aliphatic rings. The number of rotatable bonds is 2. The van der Waals surface area contributed by atoms with E-state index in [4.69, 9.17) is 11.0 Å². The minimum Gasteiger partial charge on any atom is -0.365 e. The maximum atomic E-state index is 10.7. The number of carbonyl (C=O) groups is 1.